The molecule has 1 aromatic rings. The molecule has 0 aliphatic rings. The lowest BCUT2D eigenvalue weighted by molar-refractivity contribution is 0.0677. The normalized spacial score (nSPS) is 12.5. The average molecular weight is 238 g/mol. The van der Waals surface area contributed by atoms with Crippen molar-refractivity contribution in [1.29, 1.82) is 0 Å². The number of carboxylic acids is 2. The first kappa shape index (κ1) is 12.7. The first-order valence-electron chi connectivity index (χ1n) is 4.57. The van der Waals surface area contributed by atoms with Crippen LogP contribution < -0.4 is 0 Å². The Morgan fingerprint density at radius 3 is 2.29 bits per heavy atom. The van der Waals surface area contributed by atoms with Crippen molar-refractivity contribution in [3.63, 3.8) is 0 Å². The zero-order valence-electron chi connectivity index (χ0n) is 8.57. The maximum atomic E-state index is 10.9. The van der Waals surface area contributed by atoms with Crippen molar-refractivity contribution in [3.05, 3.63) is 47.2 Å². The van der Waals surface area contributed by atoms with Crippen LogP contribution in [0.15, 0.2) is 30.5 Å². The van der Waals surface area contributed by atoms with Crippen molar-refractivity contribution in [2.75, 3.05) is 0 Å². The van der Waals surface area contributed by atoms with Crippen LogP contribution in [0.1, 0.15) is 32.4 Å². The van der Waals surface area contributed by atoms with E-state index in [9.17, 15) is 14.7 Å². The summed E-state index contributed by atoms with van der Waals surface area (Å²) in [5, 5.41) is 35.7. The molecule has 1 aromatic carbocycles. The number of hydrogen-bond donors (Lipinski definition) is 4. The van der Waals surface area contributed by atoms with Crippen LogP contribution in [0.4, 0.5) is 0 Å². The molecule has 17 heavy (non-hydrogen) atoms. The van der Waals surface area contributed by atoms with Crippen LogP contribution in [0.2, 0.25) is 0 Å². The molecule has 0 fully saturated rings. The third kappa shape index (κ3) is 2.82. The van der Waals surface area contributed by atoms with Gasteiger partial charge in [0.15, 0.2) is 0 Å². The lowest BCUT2D eigenvalue weighted by Gasteiger charge is -2.10. The van der Waals surface area contributed by atoms with Crippen molar-refractivity contribution >= 4 is 11.9 Å². The number of rotatable bonds is 4. The SMILES string of the molecule is O=C(O)c1ccc(C(=O)O)c(C(O)C=CO)c1. The van der Waals surface area contributed by atoms with Crippen LogP contribution in [0.3, 0.4) is 0 Å². The second-order valence-corrected chi connectivity index (χ2v) is 3.20. The molecule has 0 saturated carbocycles. The molecule has 1 unspecified atom stereocenters. The summed E-state index contributed by atoms with van der Waals surface area (Å²) in [6.45, 7) is 0. The minimum Gasteiger partial charge on any atom is -0.516 e. The zero-order chi connectivity index (χ0) is 13.0. The molecule has 0 radical (unpaired) electrons. The largest absolute Gasteiger partial charge is 0.516 e. The Morgan fingerprint density at radius 1 is 1.18 bits per heavy atom. The van der Waals surface area contributed by atoms with E-state index in [4.69, 9.17) is 15.3 Å². The summed E-state index contributed by atoms with van der Waals surface area (Å²) in [7, 11) is 0. The predicted octanol–water partition coefficient (Wildman–Crippen LogP) is 1.19. The van der Waals surface area contributed by atoms with Gasteiger partial charge in [0.2, 0.25) is 0 Å². The molecular weight excluding hydrogens is 228 g/mol. The van der Waals surface area contributed by atoms with E-state index in [1.165, 1.54) is 0 Å². The quantitative estimate of drug-likeness (QED) is 0.585. The van der Waals surface area contributed by atoms with Crippen molar-refractivity contribution < 1.29 is 30.0 Å². The third-order valence-electron chi connectivity index (χ3n) is 2.12. The minimum absolute atomic E-state index is 0.0947. The van der Waals surface area contributed by atoms with E-state index in [0.29, 0.717) is 6.26 Å². The highest BCUT2D eigenvalue weighted by Crippen LogP contribution is 2.21. The van der Waals surface area contributed by atoms with Gasteiger partial charge in [-0.3, -0.25) is 0 Å². The highest BCUT2D eigenvalue weighted by atomic mass is 16.4. The molecule has 90 valence electrons. The molecule has 0 aliphatic heterocycles. The van der Waals surface area contributed by atoms with E-state index < -0.39 is 18.0 Å². The Kier molecular flexibility index (Phi) is 3.84. The second-order valence-electron chi connectivity index (χ2n) is 3.20. The van der Waals surface area contributed by atoms with Crippen molar-refractivity contribution in [3.8, 4) is 0 Å². The molecule has 0 amide bonds. The van der Waals surface area contributed by atoms with Crippen LogP contribution >= 0.6 is 0 Å². The van der Waals surface area contributed by atoms with E-state index in [0.717, 1.165) is 24.3 Å². The molecule has 6 heteroatoms. The zero-order valence-corrected chi connectivity index (χ0v) is 8.57. The summed E-state index contributed by atoms with van der Waals surface area (Å²) in [5.41, 5.74) is -0.460. The number of carbonyl (C=O) groups is 2. The monoisotopic (exact) mass is 238 g/mol. The maximum Gasteiger partial charge on any atom is 0.336 e. The number of benzene rings is 1. The summed E-state index contributed by atoms with van der Waals surface area (Å²) >= 11 is 0. The van der Waals surface area contributed by atoms with Crippen LogP contribution in [-0.2, 0) is 0 Å². The van der Waals surface area contributed by atoms with E-state index in [-0.39, 0.29) is 16.7 Å². The van der Waals surface area contributed by atoms with Gasteiger partial charge in [0.05, 0.1) is 17.4 Å². The van der Waals surface area contributed by atoms with E-state index in [1.54, 1.807) is 0 Å². The van der Waals surface area contributed by atoms with Crippen LogP contribution in [0.5, 0.6) is 0 Å². The van der Waals surface area contributed by atoms with Crippen molar-refractivity contribution in [2.45, 2.75) is 6.10 Å². The molecule has 0 bridgehead atoms. The maximum absolute atomic E-state index is 10.9. The molecule has 6 nitrogen and oxygen atoms in total. The Balaban J connectivity index is 3.34. The first-order chi connectivity index (χ1) is 7.97. The third-order valence-corrected chi connectivity index (χ3v) is 2.12. The average Bonchev–Trinajstić information content (AvgIpc) is 2.28. The van der Waals surface area contributed by atoms with Gasteiger partial charge in [-0.05, 0) is 29.8 Å². The number of aliphatic hydroxyl groups excluding tert-OH is 2. The Bertz CT molecular complexity index is 477. The Labute approximate surface area is 96.1 Å². The predicted molar refractivity (Wildman–Crippen MR) is 57.1 cm³/mol. The molecule has 0 spiro atoms. The van der Waals surface area contributed by atoms with Gasteiger partial charge in [0.1, 0.15) is 6.10 Å². The Hall–Kier alpha value is -2.34. The molecule has 0 aliphatic carbocycles. The van der Waals surface area contributed by atoms with Gasteiger partial charge in [-0.25, -0.2) is 9.59 Å². The van der Waals surface area contributed by atoms with Crippen LogP contribution in [0, 0.1) is 0 Å². The van der Waals surface area contributed by atoms with Gasteiger partial charge >= 0.3 is 11.9 Å². The molecule has 0 saturated heterocycles. The van der Waals surface area contributed by atoms with E-state index in [1.807, 2.05) is 0 Å². The van der Waals surface area contributed by atoms with Gasteiger partial charge in [-0.15, -0.1) is 0 Å². The molecule has 0 heterocycles. The van der Waals surface area contributed by atoms with Gasteiger partial charge < -0.3 is 20.4 Å². The number of hydrogen-bond acceptors (Lipinski definition) is 4. The van der Waals surface area contributed by atoms with E-state index >= 15 is 0 Å². The fourth-order valence-electron chi connectivity index (χ4n) is 1.32. The highest BCUT2D eigenvalue weighted by Gasteiger charge is 2.17. The minimum atomic E-state index is -1.38. The molecule has 1 atom stereocenters. The second kappa shape index (κ2) is 5.13. The number of aliphatic hydroxyl groups is 2. The summed E-state index contributed by atoms with van der Waals surface area (Å²) in [5.74, 6) is -2.52. The highest BCUT2D eigenvalue weighted by molar-refractivity contribution is 5.93. The van der Waals surface area contributed by atoms with Gasteiger partial charge in [0.25, 0.3) is 0 Å². The standard InChI is InChI=1S/C11H10O6/c12-4-3-9(13)8-5-6(10(14)15)1-2-7(8)11(16)17/h1-5,9,12-13H,(H,14,15)(H,16,17). The number of aromatic carboxylic acids is 2. The van der Waals surface area contributed by atoms with Gasteiger partial charge in [-0.2, -0.15) is 0 Å². The molecule has 4 N–H and O–H groups in total. The summed E-state index contributed by atoms with van der Waals surface area (Å²) in [6, 6.07) is 3.27. The molecule has 1 rings (SSSR count). The van der Waals surface area contributed by atoms with Crippen molar-refractivity contribution in [1.82, 2.24) is 0 Å². The van der Waals surface area contributed by atoms with Gasteiger partial charge in [-0.1, -0.05) is 0 Å². The van der Waals surface area contributed by atoms with E-state index in [2.05, 4.69) is 0 Å². The fraction of sp³-hybridized carbons (Fsp3) is 0.0909. The number of carboxylic acid groups (broad SMARTS) is 2. The Morgan fingerprint density at radius 2 is 1.82 bits per heavy atom. The fourth-order valence-corrected chi connectivity index (χ4v) is 1.32. The molecule has 0 aromatic heterocycles. The van der Waals surface area contributed by atoms with Crippen LogP contribution in [-0.4, -0.2) is 32.4 Å². The molecular formula is C11H10O6. The first-order valence-corrected chi connectivity index (χ1v) is 4.57. The summed E-state index contributed by atoms with van der Waals surface area (Å²) < 4.78 is 0. The topological polar surface area (TPSA) is 115 Å². The van der Waals surface area contributed by atoms with Gasteiger partial charge in [0, 0.05) is 0 Å². The lowest BCUT2D eigenvalue weighted by atomic mass is 9.99. The van der Waals surface area contributed by atoms with Crippen LogP contribution in [0.25, 0.3) is 0 Å². The lowest BCUT2D eigenvalue weighted by Crippen LogP contribution is -2.08. The smallest absolute Gasteiger partial charge is 0.336 e. The summed E-state index contributed by atoms with van der Waals surface area (Å²) in [6.07, 6.45) is 0.113. The van der Waals surface area contributed by atoms with Crippen molar-refractivity contribution in [2.24, 2.45) is 0 Å². The summed E-state index contributed by atoms with van der Waals surface area (Å²) in [4.78, 5) is 21.6.